The van der Waals surface area contributed by atoms with Crippen LogP contribution in [0.2, 0.25) is 5.02 Å². The van der Waals surface area contributed by atoms with Gasteiger partial charge in [-0.25, -0.2) is 18.7 Å². The first-order chi connectivity index (χ1) is 18.9. The zero-order valence-corrected chi connectivity index (χ0v) is 23.9. The van der Waals surface area contributed by atoms with Crippen molar-refractivity contribution in [3.8, 4) is 22.4 Å². The minimum absolute atomic E-state index is 0.0190. The highest BCUT2D eigenvalue weighted by Gasteiger charge is 2.43. The number of carbonyl (C=O) groups is 2. The Morgan fingerprint density at radius 1 is 1.25 bits per heavy atom. The Hall–Kier alpha value is -3.83. The number of nitrogens with two attached hydrogens (primary N) is 1. The molecule has 0 unspecified atom stereocenters. The van der Waals surface area contributed by atoms with Crippen LogP contribution in [0.1, 0.15) is 28.9 Å². The van der Waals surface area contributed by atoms with E-state index in [2.05, 4.69) is 43.1 Å². The molecular weight excluding hydrogens is 606 g/mol. The number of fused-ring (bicyclic) bond motifs is 1. The van der Waals surface area contributed by atoms with Crippen molar-refractivity contribution in [2.24, 2.45) is 7.05 Å². The van der Waals surface area contributed by atoms with Gasteiger partial charge in [-0.3, -0.25) is 9.59 Å². The summed E-state index contributed by atoms with van der Waals surface area (Å²) < 4.78 is 29.9. The van der Waals surface area contributed by atoms with Gasteiger partial charge in [0.15, 0.2) is 5.83 Å². The summed E-state index contributed by atoms with van der Waals surface area (Å²) in [5.41, 5.74) is 9.71. The minimum Gasteiger partial charge on any atom is -0.383 e. The molecule has 4 N–H and O–H groups in total. The number of aryl methyl sites for hydroxylation is 2. The molecule has 3 heterocycles. The van der Waals surface area contributed by atoms with Crippen LogP contribution in [-0.2, 0) is 11.8 Å². The third-order valence-corrected chi connectivity index (χ3v) is 7.75. The van der Waals surface area contributed by atoms with Crippen LogP contribution in [0.4, 0.5) is 20.3 Å². The molecule has 1 aliphatic rings. The second-order valence-electron chi connectivity index (χ2n) is 9.77. The molecule has 0 aliphatic heterocycles. The van der Waals surface area contributed by atoms with Crippen LogP contribution in [0.15, 0.2) is 53.5 Å². The van der Waals surface area contributed by atoms with E-state index in [-0.39, 0.29) is 23.1 Å². The van der Waals surface area contributed by atoms with Gasteiger partial charge in [0.05, 0.1) is 32.6 Å². The standard InChI is InChI=1S/C28H24BrClF2N6O2/c1-13-8-16(37-26(39)14(2)31)4-5-17(13)23-20(21-24(38(23)3)18(29)11-35-25(21)33)15-9-19(30)22(34-10-15)27(40)36-12-28(32)6-7-28/h4-5,8-11H,2,6-7,12H2,1,3H3,(H2,33,35)(H,36,40)(H,37,39). The van der Waals surface area contributed by atoms with E-state index >= 15 is 0 Å². The van der Waals surface area contributed by atoms with Crippen molar-refractivity contribution in [1.29, 1.82) is 0 Å². The van der Waals surface area contributed by atoms with E-state index in [1.807, 2.05) is 18.5 Å². The summed E-state index contributed by atoms with van der Waals surface area (Å²) in [5.74, 6) is -2.31. The van der Waals surface area contributed by atoms with Crippen LogP contribution in [-0.4, -0.2) is 38.6 Å². The molecule has 3 aromatic heterocycles. The number of rotatable bonds is 7. The van der Waals surface area contributed by atoms with Gasteiger partial charge in [0.1, 0.15) is 17.2 Å². The lowest BCUT2D eigenvalue weighted by Crippen LogP contribution is -2.31. The third kappa shape index (κ3) is 5.06. The molecule has 8 nitrogen and oxygen atoms in total. The molecule has 0 bridgehead atoms. The lowest BCUT2D eigenvalue weighted by Gasteiger charge is -2.14. The quantitative estimate of drug-likeness (QED) is 0.209. The minimum atomic E-state index is -1.35. The first-order valence-corrected chi connectivity index (χ1v) is 13.4. The Morgan fingerprint density at radius 2 is 1.98 bits per heavy atom. The SMILES string of the molecule is C=C(F)C(=O)Nc1ccc(-c2c(-c3cnc(C(=O)NCC4(F)CC4)c(Cl)c3)c3c(N)ncc(Br)c3n2C)c(C)c1. The fraction of sp³-hybridized carbons (Fsp3) is 0.214. The Morgan fingerprint density at radius 3 is 2.60 bits per heavy atom. The van der Waals surface area contributed by atoms with Gasteiger partial charge in [-0.15, -0.1) is 0 Å². The fourth-order valence-electron chi connectivity index (χ4n) is 4.64. The van der Waals surface area contributed by atoms with Gasteiger partial charge in [-0.05, 0) is 59.5 Å². The third-order valence-electron chi connectivity index (χ3n) is 6.88. The molecule has 0 saturated heterocycles. The van der Waals surface area contributed by atoms with Crippen LogP contribution < -0.4 is 16.4 Å². The van der Waals surface area contributed by atoms with Gasteiger partial charge in [-0.1, -0.05) is 24.2 Å². The van der Waals surface area contributed by atoms with Crippen molar-refractivity contribution in [3.05, 3.63) is 69.8 Å². The number of halogens is 4. The van der Waals surface area contributed by atoms with Crippen LogP contribution in [0, 0.1) is 6.92 Å². The Bertz CT molecular complexity index is 1730. The number of alkyl halides is 1. The summed E-state index contributed by atoms with van der Waals surface area (Å²) in [4.78, 5) is 33.1. The molecule has 1 aromatic carbocycles. The molecule has 2 amide bonds. The first kappa shape index (κ1) is 27.7. The van der Waals surface area contributed by atoms with Crippen molar-refractivity contribution >= 4 is 61.8 Å². The molecule has 0 radical (unpaired) electrons. The molecule has 0 spiro atoms. The number of aromatic nitrogens is 3. The summed E-state index contributed by atoms with van der Waals surface area (Å²) in [6.45, 7) is 4.78. The lowest BCUT2D eigenvalue weighted by molar-refractivity contribution is -0.114. The predicted octanol–water partition coefficient (Wildman–Crippen LogP) is 6.26. The zero-order chi connectivity index (χ0) is 28.9. The van der Waals surface area contributed by atoms with Gasteiger partial charge in [-0.2, -0.15) is 0 Å². The monoisotopic (exact) mass is 628 g/mol. The number of nitrogen functional groups attached to an aromatic ring is 1. The van der Waals surface area contributed by atoms with E-state index in [1.54, 1.807) is 30.5 Å². The molecule has 0 atom stereocenters. The van der Waals surface area contributed by atoms with Gasteiger partial charge < -0.3 is 20.9 Å². The summed E-state index contributed by atoms with van der Waals surface area (Å²) in [6, 6.07) is 6.77. The number of hydrogen-bond donors (Lipinski definition) is 3. The number of pyridine rings is 2. The molecule has 5 rings (SSSR count). The number of amides is 2. The number of nitrogens with one attached hydrogen (secondary N) is 2. The van der Waals surface area contributed by atoms with E-state index < -0.39 is 23.3 Å². The normalized spacial score (nSPS) is 13.8. The predicted molar refractivity (Wildman–Crippen MR) is 156 cm³/mol. The van der Waals surface area contributed by atoms with E-state index in [9.17, 15) is 18.4 Å². The van der Waals surface area contributed by atoms with E-state index in [0.29, 0.717) is 39.5 Å². The van der Waals surface area contributed by atoms with Crippen molar-refractivity contribution in [3.63, 3.8) is 0 Å². The van der Waals surface area contributed by atoms with Crippen LogP contribution in [0.3, 0.4) is 0 Å². The maximum absolute atomic E-state index is 14.0. The van der Waals surface area contributed by atoms with Crippen LogP contribution in [0.25, 0.3) is 33.3 Å². The first-order valence-electron chi connectivity index (χ1n) is 12.2. The van der Waals surface area contributed by atoms with Crippen LogP contribution >= 0.6 is 27.5 Å². The molecule has 40 heavy (non-hydrogen) atoms. The maximum atomic E-state index is 14.0. The van der Waals surface area contributed by atoms with Gasteiger partial charge >= 0.3 is 0 Å². The highest BCUT2D eigenvalue weighted by Crippen LogP contribution is 2.46. The van der Waals surface area contributed by atoms with Gasteiger partial charge in [0, 0.05) is 41.8 Å². The van der Waals surface area contributed by atoms with Crippen molar-refractivity contribution in [2.75, 3.05) is 17.6 Å². The number of carbonyl (C=O) groups excluding carboxylic acids is 2. The largest absolute Gasteiger partial charge is 0.383 e. The van der Waals surface area contributed by atoms with Crippen molar-refractivity contribution < 1.29 is 18.4 Å². The topological polar surface area (TPSA) is 115 Å². The molecule has 1 fully saturated rings. The summed E-state index contributed by atoms with van der Waals surface area (Å²) in [6.07, 6.45) is 3.95. The second-order valence-corrected chi connectivity index (χ2v) is 11.0. The number of benzene rings is 1. The van der Waals surface area contributed by atoms with Crippen LogP contribution in [0.5, 0.6) is 0 Å². The average Bonchev–Trinajstić information content (AvgIpc) is 3.56. The number of nitrogens with zero attached hydrogens (tertiary/aromatic N) is 3. The number of anilines is 2. The average molecular weight is 630 g/mol. The van der Waals surface area contributed by atoms with Crippen molar-refractivity contribution in [2.45, 2.75) is 25.4 Å². The smallest absolute Gasteiger partial charge is 0.283 e. The van der Waals surface area contributed by atoms with E-state index in [0.717, 1.165) is 22.3 Å². The second kappa shape index (κ2) is 10.3. The van der Waals surface area contributed by atoms with Gasteiger partial charge in [0.25, 0.3) is 11.8 Å². The van der Waals surface area contributed by atoms with E-state index in [1.165, 1.54) is 6.20 Å². The van der Waals surface area contributed by atoms with Gasteiger partial charge in [0.2, 0.25) is 0 Å². The highest BCUT2D eigenvalue weighted by molar-refractivity contribution is 9.10. The summed E-state index contributed by atoms with van der Waals surface area (Å²) in [7, 11) is 1.87. The molecule has 1 aliphatic carbocycles. The zero-order valence-electron chi connectivity index (χ0n) is 21.5. The molecule has 12 heteroatoms. The Kier molecular flexibility index (Phi) is 7.13. The fourth-order valence-corrected chi connectivity index (χ4v) is 5.46. The molecular formula is C28H24BrClF2N6O2. The number of hydrogen-bond acceptors (Lipinski definition) is 5. The van der Waals surface area contributed by atoms with E-state index in [4.69, 9.17) is 17.3 Å². The maximum Gasteiger partial charge on any atom is 0.283 e. The summed E-state index contributed by atoms with van der Waals surface area (Å²) >= 11 is 10.1. The Balaban J connectivity index is 1.64. The molecule has 206 valence electrons. The Labute approximate surface area is 241 Å². The summed E-state index contributed by atoms with van der Waals surface area (Å²) in [5, 5.41) is 5.76. The van der Waals surface area contributed by atoms with Crippen molar-refractivity contribution in [1.82, 2.24) is 19.9 Å². The molecule has 4 aromatic rings. The lowest BCUT2D eigenvalue weighted by atomic mass is 9.96. The molecule has 1 saturated carbocycles. The highest BCUT2D eigenvalue weighted by atomic mass is 79.9.